The lowest BCUT2D eigenvalue weighted by molar-refractivity contribution is -0.851. The lowest BCUT2D eigenvalue weighted by Crippen LogP contribution is -3.05. The van der Waals surface area contributed by atoms with Gasteiger partial charge in [0.25, 0.3) is 0 Å². The van der Waals surface area contributed by atoms with E-state index in [-0.39, 0.29) is 0 Å². The highest BCUT2D eigenvalue weighted by Gasteiger charge is 1.96. The Hall–Kier alpha value is -0.790. The second kappa shape index (κ2) is 5.05. The molecule has 1 aromatic carbocycles. The van der Waals surface area contributed by atoms with Crippen LogP contribution >= 0.6 is 11.6 Å². The zero-order valence-electron chi connectivity index (χ0n) is 8.05. The number of halogens is 1. The van der Waals surface area contributed by atoms with Gasteiger partial charge in [0.15, 0.2) is 0 Å². The molecule has 70 valence electrons. The van der Waals surface area contributed by atoms with Crippen LogP contribution in [-0.4, -0.2) is 20.6 Å². The number of nitrogens with one attached hydrogen (secondary N) is 1. The highest BCUT2D eigenvalue weighted by Crippen LogP contribution is 2.16. The van der Waals surface area contributed by atoms with Gasteiger partial charge in [-0.15, -0.1) is 0 Å². The molecule has 0 unspecified atom stereocenters. The van der Waals surface area contributed by atoms with E-state index in [4.69, 9.17) is 11.6 Å². The fraction of sp³-hybridized carbons (Fsp3) is 0.273. The average Bonchev–Trinajstić information content (AvgIpc) is 2.15. The van der Waals surface area contributed by atoms with Crippen LogP contribution in [0.15, 0.2) is 36.4 Å². The standard InChI is InChI=1S/C11H14ClN/c1-13(2)9-8-11(12)10-6-4-3-5-7-10/h3-8H,9H2,1-2H3/p+1/b11-8-. The Morgan fingerprint density at radius 1 is 1.31 bits per heavy atom. The van der Waals surface area contributed by atoms with Crippen LogP contribution in [0.5, 0.6) is 0 Å². The average molecular weight is 197 g/mol. The first-order valence-corrected chi connectivity index (χ1v) is 4.78. The summed E-state index contributed by atoms with van der Waals surface area (Å²) in [5.74, 6) is 0. The minimum absolute atomic E-state index is 0.835. The Morgan fingerprint density at radius 3 is 2.46 bits per heavy atom. The molecular weight excluding hydrogens is 182 g/mol. The number of hydrogen-bond acceptors (Lipinski definition) is 0. The smallest absolute Gasteiger partial charge is 0.0971 e. The molecule has 1 aromatic rings. The van der Waals surface area contributed by atoms with E-state index in [1.54, 1.807) is 0 Å². The lowest BCUT2D eigenvalue weighted by Gasteiger charge is -2.03. The molecule has 0 aliphatic heterocycles. The molecule has 13 heavy (non-hydrogen) atoms. The van der Waals surface area contributed by atoms with Crippen LogP contribution in [0, 0.1) is 0 Å². The Balaban J connectivity index is 2.68. The molecule has 1 rings (SSSR count). The zero-order valence-corrected chi connectivity index (χ0v) is 8.81. The molecular formula is C11H15ClN+. The van der Waals surface area contributed by atoms with E-state index < -0.39 is 0 Å². The number of benzene rings is 1. The van der Waals surface area contributed by atoms with Gasteiger partial charge < -0.3 is 4.90 Å². The zero-order chi connectivity index (χ0) is 9.68. The van der Waals surface area contributed by atoms with Gasteiger partial charge in [-0.3, -0.25) is 0 Å². The third-order valence-electron chi connectivity index (χ3n) is 1.74. The maximum atomic E-state index is 6.10. The minimum Gasteiger partial charge on any atom is -0.337 e. The summed E-state index contributed by atoms with van der Waals surface area (Å²) in [6.07, 6.45) is 2.05. The molecule has 0 saturated heterocycles. The second-order valence-corrected chi connectivity index (χ2v) is 3.74. The fourth-order valence-electron chi connectivity index (χ4n) is 1.01. The second-order valence-electron chi connectivity index (χ2n) is 3.33. The summed E-state index contributed by atoms with van der Waals surface area (Å²) in [5, 5.41) is 0.835. The molecule has 0 amide bonds. The third kappa shape index (κ3) is 3.62. The highest BCUT2D eigenvalue weighted by molar-refractivity contribution is 6.48. The molecule has 1 nitrogen and oxygen atoms in total. The van der Waals surface area contributed by atoms with Gasteiger partial charge >= 0.3 is 0 Å². The Labute approximate surface area is 84.6 Å². The lowest BCUT2D eigenvalue weighted by atomic mass is 10.2. The quantitative estimate of drug-likeness (QED) is 0.746. The first-order chi connectivity index (χ1) is 6.20. The van der Waals surface area contributed by atoms with E-state index in [0.717, 1.165) is 17.1 Å². The monoisotopic (exact) mass is 196 g/mol. The van der Waals surface area contributed by atoms with Crippen molar-refractivity contribution in [1.29, 1.82) is 0 Å². The predicted octanol–water partition coefficient (Wildman–Crippen LogP) is 1.41. The Kier molecular flexibility index (Phi) is 4.00. The van der Waals surface area contributed by atoms with Crippen molar-refractivity contribution in [1.82, 2.24) is 0 Å². The Bertz CT molecular complexity index is 277. The van der Waals surface area contributed by atoms with Crippen LogP contribution in [0.25, 0.3) is 5.03 Å². The molecule has 1 N–H and O–H groups in total. The van der Waals surface area contributed by atoms with Crippen molar-refractivity contribution in [2.24, 2.45) is 0 Å². The van der Waals surface area contributed by atoms with Crippen LogP contribution in [0.4, 0.5) is 0 Å². The number of rotatable bonds is 3. The molecule has 0 saturated carbocycles. The van der Waals surface area contributed by atoms with E-state index in [1.165, 1.54) is 4.90 Å². The van der Waals surface area contributed by atoms with Gasteiger partial charge in [0.2, 0.25) is 0 Å². The third-order valence-corrected chi connectivity index (χ3v) is 2.11. The number of quaternary nitrogens is 1. The van der Waals surface area contributed by atoms with Crippen molar-refractivity contribution in [2.45, 2.75) is 0 Å². The van der Waals surface area contributed by atoms with Crippen molar-refractivity contribution in [3.63, 3.8) is 0 Å². The van der Waals surface area contributed by atoms with Gasteiger partial charge in [0, 0.05) is 5.03 Å². The fourth-order valence-corrected chi connectivity index (χ4v) is 1.21. The van der Waals surface area contributed by atoms with Gasteiger partial charge in [-0.25, -0.2) is 0 Å². The van der Waals surface area contributed by atoms with E-state index in [1.807, 2.05) is 36.4 Å². The van der Waals surface area contributed by atoms with Crippen molar-refractivity contribution in [2.75, 3.05) is 20.6 Å². The van der Waals surface area contributed by atoms with Gasteiger partial charge in [0.1, 0.15) is 0 Å². The van der Waals surface area contributed by atoms with E-state index in [2.05, 4.69) is 14.1 Å². The van der Waals surface area contributed by atoms with Gasteiger partial charge in [0.05, 0.1) is 20.6 Å². The number of hydrogen-bond donors (Lipinski definition) is 1. The largest absolute Gasteiger partial charge is 0.337 e. The SMILES string of the molecule is C[NH+](C)C/C=C(\Cl)c1ccccc1. The van der Waals surface area contributed by atoms with Gasteiger partial charge in [-0.05, 0) is 11.6 Å². The maximum Gasteiger partial charge on any atom is 0.0971 e. The molecule has 0 spiro atoms. The van der Waals surface area contributed by atoms with Crippen LogP contribution in [0.1, 0.15) is 5.56 Å². The summed E-state index contributed by atoms with van der Waals surface area (Å²) in [6, 6.07) is 10.0. The predicted molar refractivity (Wildman–Crippen MR) is 57.9 cm³/mol. The first-order valence-electron chi connectivity index (χ1n) is 4.40. The molecule has 0 fully saturated rings. The molecule has 0 aliphatic carbocycles. The maximum absolute atomic E-state index is 6.10. The molecule has 0 heterocycles. The van der Waals surface area contributed by atoms with E-state index >= 15 is 0 Å². The minimum atomic E-state index is 0.835. The first kappa shape index (κ1) is 10.3. The van der Waals surface area contributed by atoms with Crippen LogP contribution < -0.4 is 4.90 Å². The van der Waals surface area contributed by atoms with Crippen LogP contribution in [0.2, 0.25) is 0 Å². The molecule has 0 aliphatic rings. The summed E-state index contributed by atoms with van der Waals surface area (Å²) in [4.78, 5) is 1.37. The summed E-state index contributed by atoms with van der Waals surface area (Å²) in [5.41, 5.74) is 1.09. The van der Waals surface area contributed by atoms with Crippen molar-refractivity contribution < 1.29 is 4.90 Å². The molecule has 0 aromatic heterocycles. The highest BCUT2D eigenvalue weighted by atomic mass is 35.5. The number of likely N-dealkylation sites (N-methyl/N-ethyl adjacent to an activating group) is 1. The molecule has 2 heteroatoms. The molecule has 0 bridgehead atoms. The van der Waals surface area contributed by atoms with Crippen molar-refractivity contribution >= 4 is 16.6 Å². The van der Waals surface area contributed by atoms with Crippen LogP contribution in [0.3, 0.4) is 0 Å². The summed E-state index contributed by atoms with van der Waals surface area (Å²) in [6.45, 7) is 0.952. The normalized spacial score (nSPS) is 12.2. The summed E-state index contributed by atoms with van der Waals surface area (Å²) < 4.78 is 0. The van der Waals surface area contributed by atoms with Gasteiger partial charge in [-0.1, -0.05) is 41.9 Å². The van der Waals surface area contributed by atoms with Crippen LogP contribution in [-0.2, 0) is 0 Å². The molecule has 0 radical (unpaired) electrons. The van der Waals surface area contributed by atoms with E-state index in [0.29, 0.717) is 0 Å². The van der Waals surface area contributed by atoms with Gasteiger partial charge in [-0.2, -0.15) is 0 Å². The van der Waals surface area contributed by atoms with E-state index in [9.17, 15) is 0 Å². The van der Waals surface area contributed by atoms with Crippen molar-refractivity contribution in [3.05, 3.63) is 42.0 Å². The molecule has 0 atom stereocenters. The summed E-state index contributed by atoms with van der Waals surface area (Å²) in [7, 11) is 4.21. The Morgan fingerprint density at radius 2 is 1.92 bits per heavy atom. The van der Waals surface area contributed by atoms with Crippen molar-refractivity contribution in [3.8, 4) is 0 Å². The topological polar surface area (TPSA) is 4.44 Å². The summed E-state index contributed by atoms with van der Waals surface area (Å²) >= 11 is 6.10.